The lowest BCUT2D eigenvalue weighted by Gasteiger charge is -2.30. The number of carbonyl (C=O) groups is 1. The molecule has 3 aliphatic rings. The lowest BCUT2D eigenvalue weighted by Crippen LogP contribution is -2.41. The molecule has 0 saturated carbocycles. The first kappa shape index (κ1) is 15.0. The van der Waals surface area contributed by atoms with Crippen molar-refractivity contribution in [2.24, 2.45) is 5.92 Å². The third-order valence-corrected chi connectivity index (χ3v) is 5.57. The Hall–Kier alpha value is -1.53. The Labute approximate surface area is 136 Å². The Bertz CT molecular complexity index is 547. The minimum Gasteiger partial charge on any atom is -0.381 e. The smallest absolute Gasteiger partial charge is 0.274 e. The average molecular weight is 316 g/mol. The fourth-order valence-electron chi connectivity index (χ4n) is 4.37. The number of amides is 1. The lowest BCUT2D eigenvalue weighted by molar-refractivity contribution is 0.0502. The number of hydrogen-bond donors (Lipinski definition) is 0. The Balaban J connectivity index is 1.40. The van der Waals surface area contributed by atoms with Gasteiger partial charge in [-0.05, 0) is 31.6 Å². The maximum Gasteiger partial charge on any atom is 0.274 e. The van der Waals surface area contributed by atoms with Crippen molar-refractivity contribution in [3.63, 3.8) is 0 Å². The highest BCUT2D eigenvalue weighted by Crippen LogP contribution is 2.33. The molecule has 3 fully saturated rings. The number of ether oxygens (including phenoxy) is 1. The summed E-state index contributed by atoms with van der Waals surface area (Å²) in [5.41, 5.74) is 0.469. The summed E-state index contributed by atoms with van der Waals surface area (Å²) >= 11 is 0. The maximum absolute atomic E-state index is 12.7. The molecule has 4 rings (SSSR count). The van der Waals surface area contributed by atoms with Gasteiger partial charge in [0, 0.05) is 57.3 Å². The Morgan fingerprint density at radius 2 is 1.96 bits per heavy atom. The van der Waals surface area contributed by atoms with Gasteiger partial charge in [-0.1, -0.05) is 0 Å². The molecule has 6 nitrogen and oxygen atoms in total. The molecule has 4 heterocycles. The number of rotatable bonds is 3. The fourth-order valence-corrected chi connectivity index (χ4v) is 4.37. The second-order valence-electron chi connectivity index (χ2n) is 6.85. The molecule has 23 heavy (non-hydrogen) atoms. The summed E-state index contributed by atoms with van der Waals surface area (Å²) in [7, 11) is 0. The van der Waals surface area contributed by atoms with E-state index in [-0.39, 0.29) is 5.91 Å². The molecule has 0 bridgehead atoms. The van der Waals surface area contributed by atoms with Gasteiger partial charge in [0.05, 0.1) is 6.20 Å². The zero-order valence-corrected chi connectivity index (χ0v) is 13.4. The molecule has 124 valence electrons. The van der Waals surface area contributed by atoms with E-state index in [2.05, 4.69) is 14.9 Å². The van der Waals surface area contributed by atoms with Gasteiger partial charge in [0.25, 0.3) is 5.91 Å². The van der Waals surface area contributed by atoms with Crippen molar-refractivity contribution in [2.75, 3.05) is 32.8 Å². The van der Waals surface area contributed by atoms with Crippen molar-refractivity contribution < 1.29 is 9.53 Å². The third-order valence-electron chi connectivity index (χ3n) is 5.57. The Kier molecular flexibility index (Phi) is 4.27. The largest absolute Gasteiger partial charge is 0.381 e. The monoisotopic (exact) mass is 316 g/mol. The first-order valence-corrected chi connectivity index (χ1v) is 8.71. The number of aromatic nitrogens is 2. The van der Waals surface area contributed by atoms with Crippen LogP contribution >= 0.6 is 0 Å². The van der Waals surface area contributed by atoms with E-state index in [9.17, 15) is 4.79 Å². The fraction of sp³-hybridized carbons (Fsp3) is 0.706. The topological polar surface area (TPSA) is 58.6 Å². The van der Waals surface area contributed by atoms with Gasteiger partial charge in [-0.15, -0.1) is 0 Å². The van der Waals surface area contributed by atoms with Crippen LogP contribution in [0.3, 0.4) is 0 Å². The molecule has 0 unspecified atom stereocenters. The van der Waals surface area contributed by atoms with Gasteiger partial charge in [-0.2, -0.15) is 0 Å². The zero-order chi connectivity index (χ0) is 15.6. The van der Waals surface area contributed by atoms with Crippen LogP contribution in [-0.2, 0) is 4.74 Å². The average Bonchev–Trinajstić information content (AvgIpc) is 3.19. The second kappa shape index (κ2) is 6.53. The van der Waals surface area contributed by atoms with Crippen LogP contribution in [0.1, 0.15) is 36.2 Å². The van der Waals surface area contributed by atoms with Crippen molar-refractivity contribution in [1.29, 1.82) is 0 Å². The number of nitrogens with zero attached hydrogens (tertiary/aromatic N) is 4. The number of likely N-dealkylation sites (tertiary alicyclic amines) is 2. The quantitative estimate of drug-likeness (QED) is 0.838. The standard InChI is InChI=1S/C17H24N4O2/c22-17(14-11-18-5-6-19-14)21-8-2-15-16(21)1-7-20(15)12-13-3-9-23-10-4-13/h5-6,11,13,15-16H,1-4,7-10,12H2/t15-,16-/m1/s1. The van der Waals surface area contributed by atoms with Crippen molar-refractivity contribution in [3.05, 3.63) is 24.3 Å². The van der Waals surface area contributed by atoms with Crippen LogP contribution < -0.4 is 0 Å². The highest BCUT2D eigenvalue weighted by molar-refractivity contribution is 5.92. The summed E-state index contributed by atoms with van der Waals surface area (Å²) < 4.78 is 5.46. The molecule has 0 aromatic carbocycles. The SMILES string of the molecule is O=C(c1cnccn1)N1CC[C@@H]2[C@H]1CCN2CC1CCOCC1. The first-order chi connectivity index (χ1) is 11.3. The summed E-state index contributed by atoms with van der Waals surface area (Å²) in [4.78, 5) is 25.5. The molecule has 1 aromatic rings. The summed E-state index contributed by atoms with van der Waals surface area (Å²) in [5.74, 6) is 0.797. The maximum atomic E-state index is 12.7. The third kappa shape index (κ3) is 2.97. The summed E-state index contributed by atoms with van der Waals surface area (Å²) in [6, 6.07) is 0.878. The molecule has 0 N–H and O–H groups in total. The molecule has 3 aliphatic heterocycles. The molecule has 0 aliphatic carbocycles. The van der Waals surface area contributed by atoms with Crippen molar-refractivity contribution in [1.82, 2.24) is 19.8 Å². The molecule has 3 saturated heterocycles. The van der Waals surface area contributed by atoms with E-state index in [1.54, 1.807) is 18.6 Å². The molecule has 0 spiro atoms. The molecule has 6 heteroatoms. The highest BCUT2D eigenvalue weighted by Gasteiger charge is 2.45. The van der Waals surface area contributed by atoms with Gasteiger partial charge in [0.15, 0.2) is 0 Å². The zero-order valence-electron chi connectivity index (χ0n) is 13.4. The summed E-state index contributed by atoms with van der Waals surface area (Å²) in [6.45, 7) is 4.93. The van der Waals surface area contributed by atoms with Gasteiger partial charge in [0.1, 0.15) is 5.69 Å². The summed E-state index contributed by atoms with van der Waals surface area (Å²) in [6.07, 6.45) is 9.29. The van der Waals surface area contributed by atoms with Gasteiger partial charge < -0.3 is 9.64 Å². The van der Waals surface area contributed by atoms with Crippen LogP contribution in [0.4, 0.5) is 0 Å². The van der Waals surface area contributed by atoms with Crippen molar-refractivity contribution >= 4 is 5.91 Å². The van der Waals surface area contributed by atoms with Crippen LogP contribution in [-0.4, -0.2) is 70.6 Å². The van der Waals surface area contributed by atoms with E-state index in [4.69, 9.17) is 4.74 Å². The van der Waals surface area contributed by atoms with Crippen LogP contribution in [0.5, 0.6) is 0 Å². The predicted molar refractivity (Wildman–Crippen MR) is 85.0 cm³/mol. The van der Waals surface area contributed by atoms with Gasteiger partial charge in [-0.25, -0.2) is 4.98 Å². The molecule has 1 aromatic heterocycles. The molecule has 1 amide bonds. The molecular weight excluding hydrogens is 292 g/mol. The van der Waals surface area contributed by atoms with Crippen molar-refractivity contribution in [2.45, 2.75) is 37.8 Å². The number of fused-ring (bicyclic) bond motifs is 1. The molecule has 0 radical (unpaired) electrons. The van der Waals surface area contributed by atoms with E-state index >= 15 is 0 Å². The lowest BCUT2D eigenvalue weighted by atomic mass is 9.99. The van der Waals surface area contributed by atoms with Crippen LogP contribution in [0, 0.1) is 5.92 Å². The number of hydrogen-bond acceptors (Lipinski definition) is 5. The highest BCUT2D eigenvalue weighted by atomic mass is 16.5. The summed E-state index contributed by atoms with van der Waals surface area (Å²) in [5, 5.41) is 0. The Morgan fingerprint density at radius 1 is 1.13 bits per heavy atom. The minimum absolute atomic E-state index is 0.0403. The normalized spacial score (nSPS) is 29.0. The van der Waals surface area contributed by atoms with E-state index in [1.807, 2.05) is 4.90 Å². The first-order valence-electron chi connectivity index (χ1n) is 8.71. The molecular formula is C17H24N4O2. The second-order valence-corrected chi connectivity index (χ2v) is 6.85. The minimum atomic E-state index is 0.0403. The van der Waals surface area contributed by atoms with Gasteiger partial charge in [-0.3, -0.25) is 14.7 Å². The van der Waals surface area contributed by atoms with Crippen LogP contribution in [0.2, 0.25) is 0 Å². The predicted octanol–water partition coefficient (Wildman–Crippen LogP) is 1.19. The van der Waals surface area contributed by atoms with E-state index < -0.39 is 0 Å². The Morgan fingerprint density at radius 3 is 2.74 bits per heavy atom. The van der Waals surface area contributed by atoms with Crippen LogP contribution in [0.25, 0.3) is 0 Å². The van der Waals surface area contributed by atoms with Crippen molar-refractivity contribution in [3.8, 4) is 0 Å². The van der Waals surface area contributed by atoms with Gasteiger partial charge >= 0.3 is 0 Å². The van der Waals surface area contributed by atoms with E-state index in [1.165, 1.54) is 12.8 Å². The van der Waals surface area contributed by atoms with Gasteiger partial charge in [0.2, 0.25) is 0 Å². The molecule has 2 atom stereocenters. The van der Waals surface area contributed by atoms with E-state index in [0.717, 1.165) is 51.6 Å². The van der Waals surface area contributed by atoms with Crippen LogP contribution in [0.15, 0.2) is 18.6 Å². The van der Waals surface area contributed by atoms with E-state index in [0.29, 0.717) is 17.8 Å². The number of carbonyl (C=O) groups excluding carboxylic acids is 1.